The number of aromatic nitrogens is 2. The molecule has 2 heterocycles. The largest absolute Gasteiger partial charge is 0.315 e. The van der Waals surface area contributed by atoms with Crippen molar-refractivity contribution >= 4 is 21.4 Å². The molecule has 0 aliphatic carbocycles. The minimum atomic E-state index is -3.38. The van der Waals surface area contributed by atoms with Crippen molar-refractivity contribution in [1.29, 1.82) is 0 Å². The highest BCUT2D eigenvalue weighted by molar-refractivity contribution is 7.92. The number of nitrogens with zero attached hydrogens (tertiary/aromatic N) is 2. The number of hydrogen-bond acceptors (Lipinski definition) is 5. The van der Waals surface area contributed by atoms with Crippen molar-refractivity contribution in [2.75, 3.05) is 13.1 Å². The van der Waals surface area contributed by atoms with Crippen LogP contribution in [0.25, 0.3) is 0 Å². The van der Waals surface area contributed by atoms with Crippen LogP contribution in [0.3, 0.4) is 0 Å². The highest BCUT2D eigenvalue weighted by Crippen LogP contribution is 2.20. The number of hydrogen-bond donors (Lipinski definition) is 1. The van der Waals surface area contributed by atoms with E-state index in [4.69, 9.17) is 11.6 Å². The van der Waals surface area contributed by atoms with Crippen molar-refractivity contribution in [2.24, 2.45) is 0 Å². The summed E-state index contributed by atoms with van der Waals surface area (Å²) in [5, 5.41) is 2.83. The van der Waals surface area contributed by atoms with Crippen molar-refractivity contribution in [1.82, 2.24) is 15.3 Å². The third kappa shape index (κ3) is 2.34. The lowest BCUT2D eigenvalue weighted by molar-refractivity contribution is 0.495. The van der Waals surface area contributed by atoms with Crippen LogP contribution in [0, 0.1) is 0 Å². The van der Waals surface area contributed by atoms with Crippen LogP contribution < -0.4 is 5.32 Å². The molecule has 0 saturated carbocycles. The fourth-order valence-electron chi connectivity index (χ4n) is 1.73. The van der Waals surface area contributed by atoms with E-state index in [1.165, 1.54) is 12.4 Å². The lowest BCUT2D eigenvalue weighted by Gasteiger charge is -2.22. The molecule has 1 atom stereocenters. The van der Waals surface area contributed by atoms with Gasteiger partial charge < -0.3 is 5.32 Å². The molecule has 1 aliphatic rings. The van der Waals surface area contributed by atoms with Crippen molar-refractivity contribution in [3.05, 3.63) is 17.5 Å². The van der Waals surface area contributed by atoms with Crippen LogP contribution in [0.2, 0.25) is 5.15 Å². The van der Waals surface area contributed by atoms with Gasteiger partial charge in [-0.1, -0.05) is 11.6 Å². The topological polar surface area (TPSA) is 72.0 Å². The quantitative estimate of drug-likeness (QED) is 0.792. The number of halogens is 1. The van der Waals surface area contributed by atoms with E-state index in [0.717, 1.165) is 13.0 Å². The average molecular weight is 262 g/mol. The Morgan fingerprint density at radius 2 is 2.25 bits per heavy atom. The Hall–Kier alpha value is -0.720. The zero-order valence-electron chi connectivity index (χ0n) is 8.56. The Bertz CT molecular complexity index is 471. The maximum Gasteiger partial charge on any atom is 0.199 e. The SMILES string of the molecule is O=S(=O)(c1cc(Cl)ncn1)C1CCCNC1. The summed E-state index contributed by atoms with van der Waals surface area (Å²) < 4.78 is 24.3. The van der Waals surface area contributed by atoms with Crippen LogP contribution in [0.1, 0.15) is 12.8 Å². The van der Waals surface area contributed by atoms with E-state index >= 15 is 0 Å². The van der Waals surface area contributed by atoms with Gasteiger partial charge in [0.2, 0.25) is 0 Å². The van der Waals surface area contributed by atoms with Crippen LogP contribution in [-0.4, -0.2) is 36.7 Å². The van der Waals surface area contributed by atoms with E-state index in [1.54, 1.807) is 0 Å². The summed E-state index contributed by atoms with van der Waals surface area (Å²) in [6, 6.07) is 1.30. The normalized spacial score (nSPS) is 21.9. The molecule has 16 heavy (non-hydrogen) atoms. The van der Waals surface area contributed by atoms with Crippen LogP contribution >= 0.6 is 11.6 Å². The molecule has 1 saturated heterocycles. The molecule has 1 fully saturated rings. The molecule has 2 rings (SSSR count). The molecule has 1 unspecified atom stereocenters. The maximum absolute atomic E-state index is 12.2. The van der Waals surface area contributed by atoms with Crippen LogP contribution in [0.15, 0.2) is 17.4 Å². The predicted octanol–water partition coefficient (Wildman–Crippen LogP) is 0.656. The van der Waals surface area contributed by atoms with Gasteiger partial charge in [0.25, 0.3) is 0 Å². The Labute approximate surface area is 99.2 Å². The maximum atomic E-state index is 12.2. The number of rotatable bonds is 2. The molecule has 88 valence electrons. The van der Waals surface area contributed by atoms with Gasteiger partial charge >= 0.3 is 0 Å². The average Bonchev–Trinajstić information content (AvgIpc) is 2.30. The highest BCUT2D eigenvalue weighted by atomic mass is 35.5. The van der Waals surface area contributed by atoms with Gasteiger partial charge in [-0.3, -0.25) is 0 Å². The van der Waals surface area contributed by atoms with Crippen molar-refractivity contribution in [2.45, 2.75) is 23.1 Å². The van der Waals surface area contributed by atoms with Crippen molar-refractivity contribution in [3.8, 4) is 0 Å². The van der Waals surface area contributed by atoms with E-state index < -0.39 is 15.1 Å². The van der Waals surface area contributed by atoms with Crippen molar-refractivity contribution in [3.63, 3.8) is 0 Å². The molecule has 1 N–H and O–H groups in total. The zero-order valence-corrected chi connectivity index (χ0v) is 10.1. The van der Waals surface area contributed by atoms with Gasteiger partial charge in [0.1, 0.15) is 11.5 Å². The van der Waals surface area contributed by atoms with E-state index in [2.05, 4.69) is 15.3 Å². The lowest BCUT2D eigenvalue weighted by Crippen LogP contribution is -2.39. The molecular weight excluding hydrogens is 250 g/mol. The summed E-state index contributed by atoms with van der Waals surface area (Å²) in [5.74, 6) is 0. The molecule has 0 aromatic carbocycles. The lowest BCUT2D eigenvalue weighted by atomic mass is 10.2. The second-order valence-corrected chi connectivity index (χ2v) is 6.25. The first-order chi connectivity index (χ1) is 7.60. The first-order valence-corrected chi connectivity index (χ1v) is 6.95. The summed E-state index contributed by atoms with van der Waals surface area (Å²) in [6.45, 7) is 1.35. The second-order valence-electron chi connectivity index (χ2n) is 3.69. The van der Waals surface area contributed by atoms with E-state index in [1.807, 2.05) is 0 Å². The summed E-state index contributed by atoms with van der Waals surface area (Å²) in [7, 11) is -3.38. The first-order valence-electron chi connectivity index (χ1n) is 5.03. The fourth-order valence-corrected chi connectivity index (χ4v) is 3.57. The van der Waals surface area contributed by atoms with Gasteiger partial charge in [0.15, 0.2) is 14.9 Å². The molecule has 5 nitrogen and oxygen atoms in total. The first kappa shape index (κ1) is 11.8. The standard InChI is InChI=1S/C9H12ClN3O2S/c10-8-4-9(13-6-12-8)16(14,15)7-2-1-3-11-5-7/h4,6-7,11H,1-3,5H2. The molecule has 0 bridgehead atoms. The highest BCUT2D eigenvalue weighted by Gasteiger charge is 2.30. The monoisotopic (exact) mass is 261 g/mol. The van der Waals surface area contributed by atoms with E-state index in [-0.39, 0.29) is 10.2 Å². The third-order valence-electron chi connectivity index (χ3n) is 2.59. The molecule has 7 heteroatoms. The van der Waals surface area contributed by atoms with Gasteiger partial charge in [0, 0.05) is 12.6 Å². The van der Waals surface area contributed by atoms with Crippen molar-refractivity contribution < 1.29 is 8.42 Å². The van der Waals surface area contributed by atoms with E-state index in [9.17, 15) is 8.42 Å². The van der Waals surface area contributed by atoms with Gasteiger partial charge in [-0.2, -0.15) is 0 Å². The minimum absolute atomic E-state index is 0.0150. The van der Waals surface area contributed by atoms with Crippen LogP contribution in [0.4, 0.5) is 0 Å². The Balaban J connectivity index is 2.30. The van der Waals surface area contributed by atoms with Crippen LogP contribution in [0.5, 0.6) is 0 Å². The van der Waals surface area contributed by atoms with E-state index in [0.29, 0.717) is 13.0 Å². The molecule has 1 aromatic heterocycles. The molecule has 1 aromatic rings. The third-order valence-corrected chi connectivity index (χ3v) is 4.88. The van der Waals surface area contributed by atoms with Crippen LogP contribution in [-0.2, 0) is 9.84 Å². The Morgan fingerprint density at radius 1 is 1.44 bits per heavy atom. The molecule has 0 amide bonds. The smallest absolute Gasteiger partial charge is 0.199 e. The Morgan fingerprint density at radius 3 is 2.88 bits per heavy atom. The Kier molecular flexibility index (Phi) is 3.41. The summed E-state index contributed by atoms with van der Waals surface area (Å²) in [4.78, 5) is 7.45. The molecular formula is C9H12ClN3O2S. The molecule has 0 spiro atoms. The zero-order chi connectivity index (χ0) is 11.6. The predicted molar refractivity (Wildman–Crippen MR) is 60.1 cm³/mol. The van der Waals surface area contributed by atoms with Gasteiger partial charge in [0.05, 0.1) is 5.25 Å². The minimum Gasteiger partial charge on any atom is -0.315 e. The fraction of sp³-hybridized carbons (Fsp3) is 0.556. The van der Waals surface area contributed by atoms with Gasteiger partial charge in [-0.05, 0) is 19.4 Å². The number of sulfone groups is 1. The number of piperidine rings is 1. The summed E-state index contributed by atoms with van der Waals surface area (Å²) in [6.07, 6.45) is 2.70. The summed E-state index contributed by atoms with van der Waals surface area (Å²) in [5.41, 5.74) is 0. The number of nitrogens with one attached hydrogen (secondary N) is 1. The molecule has 0 radical (unpaired) electrons. The summed E-state index contributed by atoms with van der Waals surface area (Å²) >= 11 is 5.66. The molecule has 1 aliphatic heterocycles. The van der Waals surface area contributed by atoms with Gasteiger partial charge in [-0.15, -0.1) is 0 Å². The second kappa shape index (κ2) is 4.65. The van der Waals surface area contributed by atoms with Gasteiger partial charge in [-0.25, -0.2) is 18.4 Å².